The summed E-state index contributed by atoms with van der Waals surface area (Å²) < 4.78 is 28.3. The minimum Gasteiger partial charge on any atom is -0.435 e. The fraction of sp³-hybridized carbons (Fsp3) is 0.364. The Labute approximate surface area is 86.9 Å². The molecule has 0 spiro atoms. The maximum atomic E-state index is 12.0. The van der Waals surface area contributed by atoms with Gasteiger partial charge in [-0.3, -0.25) is 4.79 Å². The predicted molar refractivity (Wildman–Crippen MR) is 52.4 cm³/mol. The molecule has 0 aliphatic rings. The van der Waals surface area contributed by atoms with Crippen LogP contribution in [0.15, 0.2) is 18.2 Å². The minimum absolute atomic E-state index is 0.0595. The van der Waals surface area contributed by atoms with Crippen LogP contribution in [0.4, 0.5) is 8.78 Å². The molecule has 0 fully saturated rings. The van der Waals surface area contributed by atoms with Crippen molar-refractivity contribution in [3.63, 3.8) is 0 Å². The number of ether oxygens (including phenoxy) is 1. The third-order valence-corrected chi connectivity index (χ3v) is 2.05. The second kappa shape index (κ2) is 4.87. The lowest BCUT2D eigenvalue weighted by atomic mass is 10.1. The molecule has 1 aromatic rings. The Kier molecular flexibility index (Phi) is 3.77. The maximum Gasteiger partial charge on any atom is 0.387 e. The van der Waals surface area contributed by atoms with Crippen molar-refractivity contribution >= 4 is 5.78 Å². The van der Waals surface area contributed by atoms with E-state index in [4.69, 9.17) is 0 Å². The number of ketones is 1. The van der Waals surface area contributed by atoms with Gasteiger partial charge in [0.1, 0.15) is 5.75 Å². The molecule has 15 heavy (non-hydrogen) atoms. The first-order valence-corrected chi connectivity index (χ1v) is 4.63. The molecule has 0 bridgehead atoms. The molecule has 0 unspecified atom stereocenters. The van der Waals surface area contributed by atoms with Crippen molar-refractivity contribution in [2.45, 2.75) is 26.9 Å². The third-order valence-electron chi connectivity index (χ3n) is 2.05. The number of alkyl halides is 2. The van der Waals surface area contributed by atoms with Crippen LogP contribution in [0.2, 0.25) is 0 Å². The Morgan fingerprint density at radius 2 is 2.13 bits per heavy atom. The molecule has 1 aromatic carbocycles. The van der Waals surface area contributed by atoms with E-state index in [0.717, 1.165) is 0 Å². The Morgan fingerprint density at radius 3 is 2.67 bits per heavy atom. The van der Waals surface area contributed by atoms with Gasteiger partial charge >= 0.3 is 6.61 Å². The summed E-state index contributed by atoms with van der Waals surface area (Å²) >= 11 is 0. The fourth-order valence-electron chi connectivity index (χ4n) is 1.20. The topological polar surface area (TPSA) is 26.3 Å². The van der Waals surface area contributed by atoms with Crippen molar-refractivity contribution in [3.8, 4) is 5.75 Å². The van der Waals surface area contributed by atoms with E-state index in [1.165, 1.54) is 6.07 Å². The van der Waals surface area contributed by atoms with Gasteiger partial charge in [0.25, 0.3) is 0 Å². The van der Waals surface area contributed by atoms with Crippen molar-refractivity contribution in [1.82, 2.24) is 0 Å². The van der Waals surface area contributed by atoms with E-state index in [1.807, 2.05) is 0 Å². The summed E-state index contributed by atoms with van der Waals surface area (Å²) in [6.07, 6.45) is 0.344. The lowest BCUT2D eigenvalue weighted by molar-refractivity contribution is -0.0503. The molecule has 0 atom stereocenters. The molecule has 4 heteroatoms. The molecule has 0 radical (unpaired) electrons. The molecule has 0 aromatic heterocycles. The third kappa shape index (κ3) is 3.01. The van der Waals surface area contributed by atoms with Crippen LogP contribution in [-0.4, -0.2) is 12.4 Å². The lowest BCUT2D eigenvalue weighted by Gasteiger charge is -2.09. The molecular weight excluding hydrogens is 202 g/mol. The zero-order valence-corrected chi connectivity index (χ0v) is 8.59. The van der Waals surface area contributed by atoms with Crippen LogP contribution in [0.5, 0.6) is 5.75 Å². The van der Waals surface area contributed by atoms with Gasteiger partial charge in [-0.05, 0) is 18.6 Å². The number of benzene rings is 1. The van der Waals surface area contributed by atoms with Gasteiger partial charge in [0.15, 0.2) is 5.78 Å². The van der Waals surface area contributed by atoms with Gasteiger partial charge in [-0.2, -0.15) is 8.78 Å². The first-order valence-electron chi connectivity index (χ1n) is 4.63. The fourth-order valence-corrected chi connectivity index (χ4v) is 1.20. The first-order chi connectivity index (χ1) is 7.04. The molecule has 82 valence electrons. The van der Waals surface area contributed by atoms with Crippen LogP contribution >= 0.6 is 0 Å². The highest BCUT2D eigenvalue weighted by Crippen LogP contribution is 2.22. The number of carbonyl (C=O) groups excluding carboxylic acids is 1. The second-order valence-corrected chi connectivity index (χ2v) is 3.14. The number of hydrogen-bond acceptors (Lipinski definition) is 2. The van der Waals surface area contributed by atoms with Crippen LogP contribution in [0.1, 0.15) is 29.3 Å². The molecule has 0 aliphatic carbocycles. The van der Waals surface area contributed by atoms with Crippen molar-refractivity contribution in [2.24, 2.45) is 0 Å². The predicted octanol–water partition coefficient (Wildman–Crippen LogP) is 3.19. The Balaban J connectivity index is 2.99. The molecule has 0 N–H and O–H groups in total. The zero-order chi connectivity index (χ0) is 11.4. The van der Waals surface area contributed by atoms with E-state index in [2.05, 4.69) is 4.74 Å². The SMILES string of the molecule is CCC(=O)c1ccc(C)c(OC(F)F)c1. The normalized spacial score (nSPS) is 10.5. The van der Waals surface area contributed by atoms with Crippen molar-refractivity contribution in [3.05, 3.63) is 29.3 Å². The number of aryl methyl sites for hydroxylation is 1. The molecule has 0 amide bonds. The van der Waals surface area contributed by atoms with Crippen LogP contribution in [0.3, 0.4) is 0 Å². The van der Waals surface area contributed by atoms with Gasteiger partial charge in [0.05, 0.1) is 0 Å². The molecule has 0 heterocycles. The van der Waals surface area contributed by atoms with Gasteiger partial charge in [-0.25, -0.2) is 0 Å². The average molecular weight is 214 g/mol. The van der Waals surface area contributed by atoms with Gasteiger partial charge in [-0.15, -0.1) is 0 Å². The second-order valence-electron chi connectivity index (χ2n) is 3.14. The highest BCUT2D eigenvalue weighted by Gasteiger charge is 2.10. The van der Waals surface area contributed by atoms with Crippen molar-refractivity contribution in [1.29, 1.82) is 0 Å². The van der Waals surface area contributed by atoms with Gasteiger partial charge in [0, 0.05) is 12.0 Å². The van der Waals surface area contributed by atoms with Crippen LogP contribution in [0, 0.1) is 6.92 Å². The molecule has 0 aliphatic heterocycles. The Bertz CT molecular complexity index is 362. The summed E-state index contributed by atoms with van der Waals surface area (Å²) in [5.41, 5.74) is 0.988. The Hall–Kier alpha value is -1.45. The van der Waals surface area contributed by atoms with Gasteiger partial charge < -0.3 is 4.74 Å². The van der Waals surface area contributed by atoms with Crippen molar-refractivity contribution < 1.29 is 18.3 Å². The van der Waals surface area contributed by atoms with Crippen LogP contribution in [0.25, 0.3) is 0 Å². The zero-order valence-electron chi connectivity index (χ0n) is 8.59. The van der Waals surface area contributed by atoms with Crippen LogP contribution < -0.4 is 4.74 Å². The van der Waals surface area contributed by atoms with E-state index in [0.29, 0.717) is 17.5 Å². The average Bonchev–Trinajstić information content (AvgIpc) is 2.19. The summed E-state index contributed by atoms with van der Waals surface area (Å²) in [5.74, 6) is -0.0292. The maximum absolute atomic E-state index is 12.0. The summed E-state index contributed by atoms with van der Waals surface area (Å²) in [6, 6.07) is 4.56. The van der Waals surface area contributed by atoms with E-state index in [-0.39, 0.29) is 11.5 Å². The molecule has 1 rings (SSSR count). The van der Waals surface area contributed by atoms with E-state index in [1.54, 1.807) is 26.0 Å². The summed E-state index contributed by atoms with van der Waals surface area (Å²) in [4.78, 5) is 11.3. The van der Waals surface area contributed by atoms with E-state index in [9.17, 15) is 13.6 Å². The molecule has 2 nitrogen and oxygen atoms in total. The summed E-state index contributed by atoms with van der Waals surface area (Å²) in [5, 5.41) is 0. The largest absolute Gasteiger partial charge is 0.435 e. The Morgan fingerprint density at radius 1 is 1.47 bits per heavy atom. The standard InChI is InChI=1S/C11H12F2O2/c1-3-9(14)8-5-4-7(2)10(6-8)15-11(12)13/h4-6,11H,3H2,1-2H3. The molecular formula is C11H12F2O2. The van der Waals surface area contributed by atoms with Gasteiger partial charge in [0.2, 0.25) is 0 Å². The monoisotopic (exact) mass is 214 g/mol. The van der Waals surface area contributed by atoms with Gasteiger partial charge in [-0.1, -0.05) is 19.1 Å². The number of Topliss-reactive ketones (excluding diaryl/α,β-unsaturated/α-hetero) is 1. The highest BCUT2D eigenvalue weighted by molar-refractivity contribution is 5.96. The van der Waals surface area contributed by atoms with E-state index < -0.39 is 6.61 Å². The summed E-state index contributed by atoms with van der Waals surface area (Å²) in [6.45, 7) is 0.504. The molecule has 0 saturated heterocycles. The smallest absolute Gasteiger partial charge is 0.387 e. The van der Waals surface area contributed by atoms with E-state index >= 15 is 0 Å². The number of rotatable bonds is 4. The molecule has 0 saturated carbocycles. The minimum atomic E-state index is -2.87. The number of halogens is 2. The van der Waals surface area contributed by atoms with Crippen LogP contribution in [-0.2, 0) is 0 Å². The van der Waals surface area contributed by atoms with Crippen molar-refractivity contribution in [2.75, 3.05) is 0 Å². The quantitative estimate of drug-likeness (QED) is 0.719. The highest BCUT2D eigenvalue weighted by atomic mass is 19.3. The number of carbonyl (C=O) groups is 1. The number of hydrogen-bond donors (Lipinski definition) is 0. The summed E-state index contributed by atoms with van der Waals surface area (Å²) in [7, 11) is 0. The lowest BCUT2D eigenvalue weighted by Crippen LogP contribution is -2.05. The first kappa shape index (κ1) is 11.6.